The van der Waals surface area contributed by atoms with Gasteiger partial charge in [0.25, 0.3) is 0 Å². The van der Waals surface area contributed by atoms with Crippen LogP contribution in [-0.2, 0) is 9.59 Å². The van der Waals surface area contributed by atoms with Crippen molar-refractivity contribution in [2.75, 3.05) is 5.32 Å². The zero-order valence-corrected chi connectivity index (χ0v) is 20.3. The van der Waals surface area contributed by atoms with E-state index >= 15 is 0 Å². The fourth-order valence-electron chi connectivity index (χ4n) is 2.58. The first kappa shape index (κ1) is 25.3. The smallest absolute Gasteiger partial charge is 0.316 e. The molecule has 0 aliphatic rings. The molecule has 7 nitrogen and oxygen atoms in total. The number of ether oxygens (including phenoxy) is 2. The Kier molecular flexibility index (Phi) is 6.80. The van der Waals surface area contributed by atoms with Gasteiger partial charge in [-0.25, -0.2) is 18.7 Å². The molecule has 0 bridgehead atoms. The summed E-state index contributed by atoms with van der Waals surface area (Å²) in [4.78, 5) is 33.4. The van der Waals surface area contributed by atoms with Crippen molar-refractivity contribution in [3.63, 3.8) is 0 Å². The first-order valence-electron chi connectivity index (χ1n) is 10.3. The summed E-state index contributed by atoms with van der Waals surface area (Å²) in [5.74, 6) is -2.93. The van der Waals surface area contributed by atoms with Crippen molar-refractivity contribution in [2.45, 2.75) is 41.5 Å². The van der Waals surface area contributed by atoms with Gasteiger partial charge in [-0.05, 0) is 59.7 Å². The van der Waals surface area contributed by atoms with Crippen molar-refractivity contribution in [1.82, 2.24) is 9.97 Å². The van der Waals surface area contributed by atoms with Crippen LogP contribution in [0.25, 0.3) is 10.9 Å². The number of esters is 2. The van der Waals surface area contributed by atoms with E-state index in [-0.39, 0.29) is 23.0 Å². The molecule has 1 aromatic heterocycles. The van der Waals surface area contributed by atoms with Crippen LogP contribution in [0.2, 0.25) is 5.02 Å². The van der Waals surface area contributed by atoms with Crippen LogP contribution in [0.5, 0.6) is 11.5 Å². The van der Waals surface area contributed by atoms with Crippen LogP contribution in [0.3, 0.4) is 0 Å². The molecule has 0 amide bonds. The Morgan fingerprint density at radius 1 is 0.912 bits per heavy atom. The molecular formula is C24H24ClF2N3O4. The molecule has 1 heterocycles. The summed E-state index contributed by atoms with van der Waals surface area (Å²) < 4.78 is 39.1. The third-order valence-corrected chi connectivity index (χ3v) is 4.97. The zero-order valence-electron chi connectivity index (χ0n) is 19.5. The van der Waals surface area contributed by atoms with Crippen LogP contribution >= 0.6 is 11.6 Å². The highest BCUT2D eigenvalue weighted by molar-refractivity contribution is 6.31. The lowest BCUT2D eigenvalue weighted by molar-refractivity contribution is -0.145. The number of carbonyl (C=O) groups excluding carboxylic acids is 2. The van der Waals surface area contributed by atoms with E-state index in [9.17, 15) is 18.4 Å². The van der Waals surface area contributed by atoms with Gasteiger partial charge in [0.2, 0.25) is 0 Å². The van der Waals surface area contributed by atoms with E-state index in [1.807, 2.05) is 0 Å². The topological polar surface area (TPSA) is 90.4 Å². The minimum atomic E-state index is -0.997. The van der Waals surface area contributed by atoms with Gasteiger partial charge < -0.3 is 14.8 Å². The molecule has 3 aromatic rings. The normalized spacial score (nSPS) is 11.9. The Labute approximate surface area is 200 Å². The maximum Gasteiger partial charge on any atom is 0.316 e. The van der Waals surface area contributed by atoms with Gasteiger partial charge in [0.1, 0.15) is 23.0 Å². The van der Waals surface area contributed by atoms with Crippen LogP contribution in [-0.4, -0.2) is 21.9 Å². The Balaban J connectivity index is 2.13. The second-order valence-corrected chi connectivity index (χ2v) is 10.0. The standard InChI is InChI=1S/C24H24ClF2N3O4/c1-23(2,3)21(31)33-16-9-12-15(10-17(16)34-22(32)24(4,5)6)28-11-29-20(12)30-14-8-7-13(26)18(25)19(14)27/h7-11H,1-6H3,(H,28,29,30). The van der Waals surface area contributed by atoms with Gasteiger partial charge in [-0.1, -0.05) is 11.6 Å². The number of fused-ring (bicyclic) bond motifs is 1. The van der Waals surface area contributed by atoms with Gasteiger partial charge >= 0.3 is 11.9 Å². The SMILES string of the molecule is CC(C)(C)C(=O)Oc1cc2ncnc(Nc3ccc(F)c(Cl)c3F)c2cc1OC(=O)C(C)(C)C. The molecule has 0 fully saturated rings. The molecule has 0 saturated heterocycles. The van der Waals surface area contributed by atoms with Gasteiger partial charge in [-0.15, -0.1) is 0 Å². The Morgan fingerprint density at radius 3 is 2.03 bits per heavy atom. The lowest BCUT2D eigenvalue weighted by Gasteiger charge is -2.21. The summed E-state index contributed by atoms with van der Waals surface area (Å²) in [5.41, 5.74) is -1.47. The summed E-state index contributed by atoms with van der Waals surface area (Å²) in [5, 5.41) is 2.41. The van der Waals surface area contributed by atoms with Crippen molar-refractivity contribution >= 4 is 45.9 Å². The number of nitrogens with zero attached hydrogens (tertiary/aromatic N) is 2. The van der Waals surface area contributed by atoms with E-state index < -0.39 is 39.4 Å². The van der Waals surface area contributed by atoms with Gasteiger partial charge in [0.05, 0.1) is 22.0 Å². The zero-order chi connectivity index (χ0) is 25.4. The Hall–Kier alpha value is -3.33. The number of benzene rings is 2. The van der Waals surface area contributed by atoms with E-state index in [2.05, 4.69) is 15.3 Å². The average molecular weight is 492 g/mol. The number of anilines is 2. The summed E-state index contributed by atoms with van der Waals surface area (Å²) >= 11 is 5.67. The summed E-state index contributed by atoms with van der Waals surface area (Å²) in [6.45, 7) is 10.1. The molecule has 3 rings (SSSR count). The molecule has 0 aliphatic heterocycles. The predicted octanol–water partition coefficient (Wildman–Crippen LogP) is 6.21. The molecule has 180 valence electrons. The number of carbonyl (C=O) groups is 2. The van der Waals surface area contributed by atoms with E-state index in [0.717, 1.165) is 6.07 Å². The van der Waals surface area contributed by atoms with Crippen molar-refractivity contribution in [3.8, 4) is 11.5 Å². The summed E-state index contributed by atoms with van der Waals surface area (Å²) in [6.07, 6.45) is 1.21. The maximum atomic E-state index is 14.4. The second-order valence-electron chi connectivity index (χ2n) is 9.67. The lowest BCUT2D eigenvalue weighted by Crippen LogP contribution is -2.28. The monoisotopic (exact) mass is 491 g/mol. The molecule has 2 aromatic carbocycles. The van der Waals surface area contributed by atoms with Crippen molar-refractivity contribution in [3.05, 3.63) is 47.2 Å². The van der Waals surface area contributed by atoms with Crippen molar-refractivity contribution in [2.24, 2.45) is 10.8 Å². The number of nitrogens with one attached hydrogen (secondary N) is 1. The van der Waals surface area contributed by atoms with Gasteiger partial charge in [0.15, 0.2) is 17.3 Å². The quantitative estimate of drug-likeness (QED) is 0.263. The molecule has 10 heteroatoms. The minimum Gasteiger partial charge on any atom is -0.422 e. The van der Waals surface area contributed by atoms with E-state index in [4.69, 9.17) is 21.1 Å². The molecule has 0 spiro atoms. The predicted molar refractivity (Wildman–Crippen MR) is 124 cm³/mol. The fraction of sp³-hybridized carbons (Fsp3) is 0.333. The molecular weight excluding hydrogens is 468 g/mol. The largest absolute Gasteiger partial charge is 0.422 e. The molecule has 0 atom stereocenters. The van der Waals surface area contributed by atoms with E-state index in [1.165, 1.54) is 24.5 Å². The highest BCUT2D eigenvalue weighted by Gasteiger charge is 2.29. The summed E-state index contributed by atoms with van der Waals surface area (Å²) in [7, 11) is 0. The number of hydrogen-bond donors (Lipinski definition) is 1. The highest BCUT2D eigenvalue weighted by atomic mass is 35.5. The molecule has 0 unspecified atom stereocenters. The molecule has 0 radical (unpaired) electrons. The van der Waals surface area contributed by atoms with Crippen LogP contribution in [0.15, 0.2) is 30.6 Å². The first-order chi connectivity index (χ1) is 15.7. The third-order valence-electron chi connectivity index (χ3n) is 4.62. The van der Waals surface area contributed by atoms with Gasteiger partial charge in [-0.2, -0.15) is 0 Å². The number of rotatable bonds is 4. The van der Waals surface area contributed by atoms with Gasteiger partial charge in [0, 0.05) is 11.5 Å². The van der Waals surface area contributed by atoms with Gasteiger partial charge in [-0.3, -0.25) is 9.59 Å². The summed E-state index contributed by atoms with van der Waals surface area (Å²) in [6, 6.07) is 5.02. The Morgan fingerprint density at radius 2 is 1.47 bits per heavy atom. The number of aromatic nitrogens is 2. The molecule has 0 saturated carbocycles. The lowest BCUT2D eigenvalue weighted by atomic mass is 9.97. The van der Waals surface area contributed by atoms with Crippen LogP contribution in [0, 0.1) is 22.5 Å². The highest BCUT2D eigenvalue weighted by Crippen LogP contribution is 2.38. The number of hydrogen-bond acceptors (Lipinski definition) is 7. The Bertz CT molecular complexity index is 1280. The second kappa shape index (κ2) is 9.13. The third kappa shape index (κ3) is 5.41. The van der Waals surface area contributed by atoms with Crippen LogP contribution in [0.1, 0.15) is 41.5 Å². The van der Waals surface area contributed by atoms with Crippen molar-refractivity contribution in [1.29, 1.82) is 0 Å². The number of halogens is 3. The fourth-order valence-corrected chi connectivity index (χ4v) is 2.74. The average Bonchev–Trinajstić information content (AvgIpc) is 2.73. The van der Waals surface area contributed by atoms with Crippen LogP contribution < -0.4 is 14.8 Å². The maximum absolute atomic E-state index is 14.4. The van der Waals surface area contributed by atoms with Crippen LogP contribution in [0.4, 0.5) is 20.3 Å². The minimum absolute atomic E-state index is 0.00863. The molecule has 34 heavy (non-hydrogen) atoms. The van der Waals surface area contributed by atoms with E-state index in [0.29, 0.717) is 10.9 Å². The first-order valence-corrected chi connectivity index (χ1v) is 10.7. The molecule has 0 aliphatic carbocycles. The van der Waals surface area contributed by atoms with Crippen molar-refractivity contribution < 1.29 is 27.8 Å². The molecule has 1 N–H and O–H groups in total. The van der Waals surface area contributed by atoms with E-state index in [1.54, 1.807) is 41.5 Å².